The number of fused-ring (bicyclic) bond motifs is 2. The third-order valence-electron chi connectivity index (χ3n) is 4.86. The van der Waals surface area contributed by atoms with Crippen molar-refractivity contribution in [1.29, 1.82) is 0 Å². The second kappa shape index (κ2) is 4.62. The van der Waals surface area contributed by atoms with E-state index in [0.29, 0.717) is 5.92 Å². The van der Waals surface area contributed by atoms with Crippen LogP contribution in [0.2, 0.25) is 0 Å². The summed E-state index contributed by atoms with van der Waals surface area (Å²) < 4.78 is 5.64. The minimum atomic E-state index is -0.0635. The number of carbonyl (C=O) groups is 1. The Morgan fingerprint density at radius 1 is 0.950 bits per heavy atom. The molecule has 0 spiro atoms. The Balaban J connectivity index is 1.84. The van der Waals surface area contributed by atoms with Gasteiger partial charge in [-0.25, -0.2) is 0 Å². The molecule has 2 aromatic carbocycles. The summed E-state index contributed by atoms with van der Waals surface area (Å²) in [5, 5.41) is 2.40. The van der Waals surface area contributed by atoms with E-state index in [9.17, 15) is 4.79 Å². The van der Waals surface area contributed by atoms with Crippen LogP contribution in [0, 0.1) is 5.92 Å². The first-order valence-corrected chi connectivity index (χ1v) is 7.53. The molecule has 0 bridgehead atoms. The molecule has 1 aliphatic carbocycles. The van der Waals surface area contributed by atoms with Crippen LogP contribution in [0.3, 0.4) is 0 Å². The standard InChI is InChI=1S/C18H18O2/c19-18-17(15-9-3-4-11-16(15)20-18)14-10-5-7-12-6-1-2-8-13(12)14/h1-2,5-8,10,15-17H,3-4,9,11H2/t15-,16+,17?/m0/s1. The fourth-order valence-electron chi connectivity index (χ4n) is 3.93. The highest BCUT2D eigenvalue weighted by Gasteiger charge is 2.46. The van der Waals surface area contributed by atoms with E-state index in [0.717, 1.165) is 18.4 Å². The van der Waals surface area contributed by atoms with E-state index in [1.807, 2.05) is 12.1 Å². The largest absolute Gasteiger partial charge is 0.462 e. The van der Waals surface area contributed by atoms with Crippen molar-refractivity contribution in [3.8, 4) is 0 Å². The predicted molar refractivity (Wildman–Crippen MR) is 78.5 cm³/mol. The smallest absolute Gasteiger partial charge is 0.314 e. The summed E-state index contributed by atoms with van der Waals surface area (Å²) in [6, 6.07) is 14.6. The van der Waals surface area contributed by atoms with Crippen molar-refractivity contribution in [2.75, 3.05) is 0 Å². The molecule has 2 nitrogen and oxygen atoms in total. The van der Waals surface area contributed by atoms with Gasteiger partial charge in [0.25, 0.3) is 0 Å². The number of rotatable bonds is 1. The summed E-state index contributed by atoms with van der Waals surface area (Å²) in [7, 11) is 0. The van der Waals surface area contributed by atoms with E-state index >= 15 is 0 Å². The maximum absolute atomic E-state index is 12.4. The minimum Gasteiger partial charge on any atom is -0.462 e. The molecule has 2 aliphatic rings. The maximum Gasteiger partial charge on any atom is 0.314 e. The van der Waals surface area contributed by atoms with Gasteiger partial charge in [0, 0.05) is 5.92 Å². The molecule has 0 aromatic heterocycles. The monoisotopic (exact) mass is 266 g/mol. The third-order valence-corrected chi connectivity index (χ3v) is 4.86. The van der Waals surface area contributed by atoms with Crippen LogP contribution in [0.1, 0.15) is 37.2 Å². The molecule has 0 amide bonds. The molecule has 1 unspecified atom stereocenters. The highest BCUT2D eigenvalue weighted by Crippen LogP contribution is 2.45. The normalized spacial score (nSPS) is 29.2. The van der Waals surface area contributed by atoms with Crippen molar-refractivity contribution in [2.45, 2.75) is 37.7 Å². The van der Waals surface area contributed by atoms with Crippen LogP contribution < -0.4 is 0 Å². The number of hydrogen-bond donors (Lipinski definition) is 0. The number of carbonyl (C=O) groups excluding carboxylic acids is 1. The summed E-state index contributed by atoms with van der Waals surface area (Å²) in [6.07, 6.45) is 4.72. The van der Waals surface area contributed by atoms with E-state index in [2.05, 4.69) is 30.3 Å². The van der Waals surface area contributed by atoms with E-state index in [4.69, 9.17) is 4.74 Å². The molecule has 4 rings (SSSR count). The number of esters is 1. The van der Waals surface area contributed by atoms with Gasteiger partial charge in [0.15, 0.2) is 0 Å². The fraction of sp³-hybridized carbons (Fsp3) is 0.389. The van der Waals surface area contributed by atoms with Gasteiger partial charge in [-0.15, -0.1) is 0 Å². The minimum absolute atomic E-state index is 0.0155. The zero-order valence-corrected chi connectivity index (χ0v) is 11.4. The van der Waals surface area contributed by atoms with Gasteiger partial charge in [0.2, 0.25) is 0 Å². The predicted octanol–water partition coefficient (Wildman–Crippen LogP) is 4.04. The van der Waals surface area contributed by atoms with Gasteiger partial charge < -0.3 is 4.74 Å². The molecule has 2 fully saturated rings. The van der Waals surface area contributed by atoms with Crippen LogP contribution in [-0.4, -0.2) is 12.1 Å². The van der Waals surface area contributed by atoms with Crippen molar-refractivity contribution in [2.24, 2.45) is 5.92 Å². The van der Waals surface area contributed by atoms with E-state index in [1.165, 1.54) is 23.6 Å². The number of hydrogen-bond acceptors (Lipinski definition) is 2. The van der Waals surface area contributed by atoms with Gasteiger partial charge >= 0.3 is 5.97 Å². The SMILES string of the molecule is O=C1O[C@@H]2CCCC[C@@H]2C1c1cccc2ccccc12. The number of benzene rings is 2. The second-order valence-electron chi connectivity index (χ2n) is 5.97. The molecule has 1 saturated heterocycles. The third kappa shape index (κ3) is 1.75. The van der Waals surface area contributed by atoms with E-state index in [-0.39, 0.29) is 18.0 Å². The van der Waals surface area contributed by atoms with Crippen molar-refractivity contribution in [3.05, 3.63) is 48.0 Å². The molecule has 2 heteroatoms. The Bertz CT molecular complexity index is 656. The molecule has 0 N–H and O–H groups in total. The lowest BCUT2D eigenvalue weighted by Crippen LogP contribution is -2.23. The summed E-state index contributed by atoms with van der Waals surface area (Å²) in [6.45, 7) is 0. The molecule has 1 aliphatic heterocycles. The zero-order valence-electron chi connectivity index (χ0n) is 11.4. The van der Waals surface area contributed by atoms with Crippen LogP contribution in [0.25, 0.3) is 10.8 Å². The van der Waals surface area contributed by atoms with Crippen molar-refractivity contribution >= 4 is 16.7 Å². The average molecular weight is 266 g/mol. The van der Waals surface area contributed by atoms with Gasteiger partial charge in [0.05, 0.1) is 5.92 Å². The first-order chi connectivity index (χ1) is 9.84. The summed E-state index contributed by atoms with van der Waals surface area (Å²) in [4.78, 5) is 12.4. The number of ether oxygens (including phenoxy) is 1. The van der Waals surface area contributed by atoms with Gasteiger partial charge in [-0.05, 0) is 35.6 Å². The highest BCUT2D eigenvalue weighted by molar-refractivity contribution is 5.92. The van der Waals surface area contributed by atoms with Crippen LogP contribution in [0.4, 0.5) is 0 Å². The topological polar surface area (TPSA) is 26.3 Å². The van der Waals surface area contributed by atoms with Gasteiger partial charge in [-0.2, -0.15) is 0 Å². The highest BCUT2D eigenvalue weighted by atomic mass is 16.6. The summed E-state index contributed by atoms with van der Waals surface area (Å²) in [5.74, 6) is 0.298. The van der Waals surface area contributed by atoms with Crippen molar-refractivity contribution < 1.29 is 9.53 Å². The van der Waals surface area contributed by atoms with Crippen LogP contribution in [0.5, 0.6) is 0 Å². The van der Waals surface area contributed by atoms with E-state index in [1.54, 1.807) is 0 Å². The van der Waals surface area contributed by atoms with Gasteiger partial charge in [-0.1, -0.05) is 48.9 Å². The Morgan fingerprint density at radius 3 is 2.70 bits per heavy atom. The van der Waals surface area contributed by atoms with Gasteiger partial charge in [0.1, 0.15) is 6.10 Å². The Hall–Kier alpha value is -1.83. The zero-order chi connectivity index (χ0) is 13.5. The summed E-state index contributed by atoms with van der Waals surface area (Å²) in [5.41, 5.74) is 1.16. The molecule has 102 valence electrons. The van der Waals surface area contributed by atoms with Crippen LogP contribution in [-0.2, 0) is 9.53 Å². The van der Waals surface area contributed by atoms with E-state index < -0.39 is 0 Å². The lowest BCUT2D eigenvalue weighted by molar-refractivity contribution is -0.142. The maximum atomic E-state index is 12.4. The fourth-order valence-corrected chi connectivity index (χ4v) is 3.93. The van der Waals surface area contributed by atoms with Crippen molar-refractivity contribution in [1.82, 2.24) is 0 Å². The molecule has 1 heterocycles. The van der Waals surface area contributed by atoms with Gasteiger partial charge in [-0.3, -0.25) is 4.79 Å². The lowest BCUT2D eigenvalue weighted by Gasteiger charge is -2.26. The summed E-state index contributed by atoms with van der Waals surface area (Å²) >= 11 is 0. The van der Waals surface area contributed by atoms with Crippen LogP contribution >= 0.6 is 0 Å². The first kappa shape index (κ1) is 12.0. The Labute approximate surface area is 118 Å². The van der Waals surface area contributed by atoms with Crippen molar-refractivity contribution in [3.63, 3.8) is 0 Å². The molecule has 20 heavy (non-hydrogen) atoms. The van der Waals surface area contributed by atoms with Crippen LogP contribution in [0.15, 0.2) is 42.5 Å². The molecule has 3 atom stereocenters. The average Bonchev–Trinajstić information content (AvgIpc) is 2.82. The first-order valence-electron chi connectivity index (χ1n) is 7.53. The molecule has 2 aromatic rings. The Kier molecular flexibility index (Phi) is 2.76. The molecular formula is C18H18O2. The molecule has 1 saturated carbocycles. The Morgan fingerprint density at radius 2 is 1.75 bits per heavy atom. The quantitative estimate of drug-likeness (QED) is 0.728. The second-order valence-corrected chi connectivity index (χ2v) is 5.97. The molecular weight excluding hydrogens is 248 g/mol. The lowest BCUT2D eigenvalue weighted by atomic mass is 9.76. The molecule has 0 radical (unpaired) electrons.